The van der Waals surface area contributed by atoms with Crippen molar-refractivity contribution in [3.63, 3.8) is 0 Å². The molecule has 0 aliphatic carbocycles. The largest absolute Gasteiger partial charge is 0.378 e. The number of halogens is 1. The Balaban J connectivity index is 1.49. The number of nitrogens with one attached hydrogen (secondary N) is 1. The first-order valence-corrected chi connectivity index (χ1v) is 12.2. The van der Waals surface area contributed by atoms with Gasteiger partial charge in [-0.15, -0.1) is 11.3 Å². The highest BCUT2D eigenvalue weighted by Crippen LogP contribution is 2.27. The summed E-state index contributed by atoms with van der Waals surface area (Å²) in [6.45, 7) is 2.89. The van der Waals surface area contributed by atoms with Gasteiger partial charge in [-0.05, 0) is 18.2 Å². The molecule has 3 heterocycles. The van der Waals surface area contributed by atoms with Gasteiger partial charge in [0.2, 0.25) is 0 Å². The minimum Gasteiger partial charge on any atom is -0.378 e. The number of rotatable bonds is 6. The minimum atomic E-state index is -3.73. The summed E-state index contributed by atoms with van der Waals surface area (Å²) in [5.41, 5.74) is 1.70. The first-order valence-electron chi connectivity index (χ1n) is 9.01. The maximum atomic E-state index is 12.8. The highest BCUT2D eigenvalue weighted by molar-refractivity contribution is 9.10. The first kappa shape index (κ1) is 20.4. The van der Waals surface area contributed by atoms with Gasteiger partial charge in [-0.2, -0.15) is 0 Å². The average molecular weight is 495 g/mol. The fraction of sp³-hybridized carbons (Fsp3) is 0.263. The lowest BCUT2D eigenvalue weighted by Gasteiger charge is -2.29. The van der Waals surface area contributed by atoms with Crippen molar-refractivity contribution in [1.29, 1.82) is 0 Å². The molecule has 1 fully saturated rings. The fourth-order valence-corrected chi connectivity index (χ4v) is 5.35. The topological polar surface area (TPSA) is 84.4 Å². The molecule has 7 nitrogen and oxygen atoms in total. The van der Waals surface area contributed by atoms with E-state index in [-0.39, 0.29) is 11.6 Å². The van der Waals surface area contributed by atoms with E-state index < -0.39 is 10.0 Å². The van der Waals surface area contributed by atoms with Gasteiger partial charge in [0.05, 0.1) is 13.2 Å². The maximum absolute atomic E-state index is 12.8. The van der Waals surface area contributed by atoms with Crippen molar-refractivity contribution < 1.29 is 13.2 Å². The Bertz CT molecular complexity index is 1080. The van der Waals surface area contributed by atoms with Crippen LogP contribution in [0.2, 0.25) is 0 Å². The summed E-state index contributed by atoms with van der Waals surface area (Å²) >= 11 is 4.70. The van der Waals surface area contributed by atoms with Crippen LogP contribution in [0.25, 0.3) is 10.6 Å². The zero-order valence-electron chi connectivity index (χ0n) is 15.4. The second-order valence-electron chi connectivity index (χ2n) is 6.41. The van der Waals surface area contributed by atoms with Gasteiger partial charge in [0.1, 0.15) is 10.8 Å². The van der Waals surface area contributed by atoms with Crippen molar-refractivity contribution in [3.8, 4) is 10.6 Å². The third-order valence-corrected chi connectivity index (χ3v) is 7.33. The molecule has 152 valence electrons. The maximum Gasteiger partial charge on any atom is 0.259 e. The minimum absolute atomic E-state index is 0.0252. The number of aromatic nitrogens is 2. The number of morpholine rings is 1. The smallest absolute Gasteiger partial charge is 0.259 e. The van der Waals surface area contributed by atoms with Crippen LogP contribution in [0.5, 0.6) is 0 Å². The zero-order valence-corrected chi connectivity index (χ0v) is 18.6. The molecule has 3 aromatic rings. The second-order valence-corrected chi connectivity index (χ2v) is 9.90. The molecular weight excluding hydrogens is 476 g/mol. The molecule has 0 amide bonds. The lowest BCUT2D eigenvalue weighted by Crippen LogP contribution is -2.37. The molecule has 2 aromatic heterocycles. The summed E-state index contributed by atoms with van der Waals surface area (Å²) in [6, 6.07) is 11.3. The van der Waals surface area contributed by atoms with Crippen LogP contribution < -0.4 is 9.62 Å². The van der Waals surface area contributed by atoms with Gasteiger partial charge in [-0.3, -0.25) is 0 Å². The fourth-order valence-electron chi connectivity index (χ4n) is 2.98. The predicted molar refractivity (Wildman–Crippen MR) is 117 cm³/mol. The Morgan fingerprint density at radius 3 is 2.69 bits per heavy atom. The van der Waals surface area contributed by atoms with E-state index in [4.69, 9.17) is 4.74 Å². The van der Waals surface area contributed by atoms with Gasteiger partial charge < -0.3 is 9.64 Å². The number of thiazole rings is 1. The Morgan fingerprint density at radius 1 is 1.17 bits per heavy atom. The molecule has 0 radical (unpaired) electrons. The molecule has 0 atom stereocenters. The van der Waals surface area contributed by atoms with E-state index in [9.17, 15) is 8.42 Å². The van der Waals surface area contributed by atoms with Crippen LogP contribution in [-0.4, -0.2) is 44.7 Å². The molecule has 1 aromatic carbocycles. The van der Waals surface area contributed by atoms with Crippen molar-refractivity contribution >= 4 is 43.1 Å². The van der Waals surface area contributed by atoms with Gasteiger partial charge in [0, 0.05) is 46.8 Å². The van der Waals surface area contributed by atoms with Gasteiger partial charge >= 0.3 is 0 Å². The number of anilines is 1. The summed E-state index contributed by atoms with van der Waals surface area (Å²) in [4.78, 5) is 10.9. The normalized spacial score (nSPS) is 14.9. The van der Waals surface area contributed by atoms with Crippen molar-refractivity contribution in [2.24, 2.45) is 0 Å². The Morgan fingerprint density at radius 2 is 1.93 bits per heavy atom. The van der Waals surface area contributed by atoms with Gasteiger partial charge in [0.15, 0.2) is 5.03 Å². The third-order valence-electron chi connectivity index (χ3n) is 4.48. The van der Waals surface area contributed by atoms with Gasteiger partial charge in [-0.1, -0.05) is 34.1 Å². The molecule has 4 rings (SSSR count). The van der Waals surface area contributed by atoms with E-state index in [2.05, 4.69) is 35.5 Å². The molecule has 29 heavy (non-hydrogen) atoms. The van der Waals surface area contributed by atoms with Crippen LogP contribution in [-0.2, 0) is 21.3 Å². The summed E-state index contributed by atoms with van der Waals surface area (Å²) in [6.07, 6.45) is 1.72. The number of hydrogen-bond acceptors (Lipinski definition) is 7. The summed E-state index contributed by atoms with van der Waals surface area (Å²) < 4.78 is 34.5. The Labute approximate surface area is 181 Å². The lowest BCUT2D eigenvalue weighted by atomic mass is 10.2. The molecule has 0 spiro atoms. The molecular formula is C19H19BrN4O3S2. The monoisotopic (exact) mass is 494 g/mol. The van der Waals surface area contributed by atoms with E-state index >= 15 is 0 Å². The molecule has 1 saturated heterocycles. The van der Waals surface area contributed by atoms with Crippen LogP contribution in [0.1, 0.15) is 5.56 Å². The lowest BCUT2D eigenvalue weighted by molar-refractivity contribution is 0.122. The zero-order chi connectivity index (χ0) is 20.3. The summed E-state index contributed by atoms with van der Waals surface area (Å²) in [5.74, 6) is 0.785. The molecule has 0 unspecified atom stereocenters. The van der Waals surface area contributed by atoms with Crippen molar-refractivity contribution in [3.05, 3.63) is 58.0 Å². The van der Waals surface area contributed by atoms with Crippen molar-refractivity contribution in [2.45, 2.75) is 11.6 Å². The number of benzene rings is 1. The molecule has 0 bridgehead atoms. The van der Waals surface area contributed by atoms with E-state index in [1.165, 1.54) is 11.3 Å². The number of pyridine rings is 1. The third kappa shape index (κ3) is 4.84. The van der Waals surface area contributed by atoms with E-state index in [1.54, 1.807) is 11.6 Å². The van der Waals surface area contributed by atoms with Crippen LogP contribution in [0, 0.1) is 0 Å². The standard InChI is InChI=1S/C19H19BrN4O3S2/c20-16-5-3-14(4-6-16)19-23-17(13-28-19)29(25,26)22-12-15-2-1-7-21-18(15)24-8-10-27-11-9-24/h1-7,13,22H,8-12H2. The summed E-state index contributed by atoms with van der Waals surface area (Å²) in [5, 5.41) is 2.25. The number of hydrogen-bond donors (Lipinski definition) is 1. The van der Waals surface area contributed by atoms with Crippen molar-refractivity contribution in [1.82, 2.24) is 14.7 Å². The van der Waals surface area contributed by atoms with Crippen LogP contribution in [0.4, 0.5) is 5.82 Å². The Hall–Kier alpha value is -1.85. The van der Waals surface area contributed by atoms with Crippen LogP contribution >= 0.6 is 27.3 Å². The quantitative estimate of drug-likeness (QED) is 0.565. The van der Waals surface area contributed by atoms with E-state index in [0.29, 0.717) is 18.2 Å². The van der Waals surface area contributed by atoms with Crippen molar-refractivity contribution in [2.75, 3.05) is 31.2 Å². The average Bonchev–Trinajstić information content (AvgIpc) is 3.25. The van der Waals surface area contributed by atoms with E-state index in [0.717, 1.165) is 34.5 Å². The van der Waals surface area contributed by atoms with Crippen LogP contribution in [0.3, 0.4) is 0 Å². The SMILES string of the molecule is O=S(=O)(NCc1cccnc1N1CCOCC1)c1csc(-c2ccc(Br)cc2)n1. The number of ether oxygens (including phenoxy) is 1. The Kier molecular flexibility index (Phi) is 6.26. The van der Waals surface area contributed by atoms with Crippen LogP contribution in [0.15, 0.2) is 57.5 Å². The van der Waals surface area contributed by atoms with E-state index in [1.807, 2.05) is 36.4 Å². The molecule has 0 saturated carbocycles. The van der Waals surface area contributed by atoms with Gasteiger partial charge in [-0.25, -0.2) is 23.1 Å². The second kappa shape index (κ2) is 8.88. The van der Waals surface area contributed by atoms with Gasteiger partial charge in [0.25, 0.3) is 10.0 Å². The number of nitrogens with zero attached hydrogens (tertiary/aromatic N) is 3. The first-order chi connectivity index (χ1) is 14.0. The number of sulfonamides is 1. The highest BCUT2D eigenvalue weighted by Gasteiger charge is 2.21. The molecule has 1 N–H and O–H groups in total. The highest BCUT2D eigenvalue weighted by atomic mass is 79.9. The molecule has 1 aliphatic heterocycles. The molecule has 1 aliphatic rings. The molecule has 10 heteroatoms. The predicted octanol–water partition coefficient (Wildman–Crippen LogP) is 3.28. The summed E-state index contributed by atoms with van der Waals surface area (Å²) in [7, 11) is -3.73.